The molecule has 1 atom stereocenters. The van der Waals surface area contributed by atoms with Crippen molar-refractivity contribution in [1.82, 2.24) is 9.88 Å². The van der Waals surface area contributed by atoms with Gasteiger partial charge in [-0.05, 0) is 44.4 Å². The van der Waals surface area contributed by atoms with E-state index in [-0.39, 0.29) is 5.60 Å². The second-order valence-electron chi connectivity index (χ2n) is 6.27. The van der Waals surface area contributed by atoms with Crippen LogP contribution >= 0.6 is 0 Å². The van der Waals surface area contributed by atoms with Gasteiger partial charge in [0.25, 0.3) is 0 Å². The molecule has 2 fully saturated rings. The summed E-state index contributed by atoms with van der Waals surface area (Å²) in [5, 5.41) is 3.19. The summed E-state index contributed by atoms with van der Waals surface area (Å²) in [5.41, 5.74) is 1.61. The van der Waals surface area contributed by atoms with Crippen LogP contribution in [0.5, 0.6) is 0 Å². The number of nitrogens with one attached hydrogen (secondary N) is 1. The molecule has 1 aliphatic heterocycles. The molecular weight excluding hydrogens is 236 g/mol. The van der Waals surface area contributed by atoms with Crippen molar-refractivity contribution in [2.45, 2.75) is 69.7 Å². The molecule has 1 N–H and O–H groups in total. The molecular formula is C16H26N2O. The first kappa shape index (κ1) is 13.2. The Morgan fingerprint density at radius 1 is 1.32 bits per heavy atom. The summed E-state index contributed by atoms with van der Waals surface area (Å²) in [6.07, 6.45) is 14.1. The number of hydrogen-bond donors (Lipinski definition) is 1. The van der Waals surface area contributed by atoms with Crippen molar-refractivity contribution in [1.29, 1.82) is 0 Å². The molecule has 0 radical (unpaired) electrons. The van der Waals surface area contributed by atoms with Crippen molar-refractivity contribution in [2.24, 2.45) is 0 Å². The van der Waals surface area contributed by atoms with Gasteiger partial charge in [0.05, 0.1) is 11.7 Å². The van der Waals surface area contributed by atoms with Crippen molar-refractivity contribution in [3.05, 3.63) is 24.0 Å². The first-order chi connectivity index (χ1) is 9.30. The van der Waals surface area contributed by atoms with Crippen molar-refractivity contribution < 1.29 is 4.74 Å². The largest absolute Gasteiger partial charge is 0.370 e. The van der Waals surface area contributed by atoms with Crippen LogP contribution in [0, 0.1) is 0 Å². The highest BCUT2D eigenvalue weighted by molar-refractivity contribution is 5.10. The van der Waals surface area contributed by atoms with Crippen molar-refractivity contribution >= 4 is 0 Å². The molecule has 2 heterocycles. The Morgan fingerprint density at radius 3 is 2.95 bits per heavy atom. The second-order valence-corrected chi connectivity index (χ2v) is 6.27. The van der Waals surface area contributed by atoms with E-state index in [2.05, 4.69) is 28.3 Å². The van der Waals surface area contributed by atoms with Gasteiger partial charge in [0.1, 0.15) is 0 Å². The van der Waals surface area contributed by atoms with Crippen molar-refractivity contribution in [3.63, 3.8) is 0 Å². The van der Waals surface area contributed by atoms with Gasteiger partial charge in [0, 0.05) is 25.5 Å². The molecule has 3 nitrogen and oxygen atoms in total. The Kier molecular flexibility index (Phi) is 3.94. The van der Waals surface area contributed by atoms with E-state index < -0.39 is 0 Å². The van der Waals surface area contributed by atoms with Gasteiger partial charge >= 0.3 is 0 Å². The van der Waals surface area contributed by atoms with E-state index in [0.29, 0.717) is 6.10 Å². The van der Waals surface area contributed by atoms with Crippen LogP contribution in [-0.4, -0.2) is 23.3 Å². The van der Waals surface area contributed by atoms with E-state index in [1.807, 2.05) is 7.05 Å². The molecule has 1 aromatic heterocycles. The molecule has 19 heavy (non-hydrogen) atoms. The fourth-order valence-electron chi connectivity index (χ4n) is 3.74. The summed E-state index contributed by atoms with van der Waals surface area (Å²) in [4.78, 5) is 0. The number of aromatic nitrogens is 1. The van der Waals surface area contributed by atoms with Gasteiger partial charge in [-0.15, -0.1) is 0 Å². The zero-order valence-corrected chi connectivity index (χ0v) is 12.0. The Labute approximate surface area is 116 Å². The third kappa shape index (κ3) is 3.03. The highest BCUT2D eigenvalue weighted by Gasteiger charge is 2.40. The average molecular weight is 262 g/mol. The highest BCUT2D eigenvalue weighted by atomic mass is 16.5. The quantitative estimate of drug-likeness (QED) is 0.902. The van der Waals surface area contributed by atoms with E-state index in [0.717, 1.165) is 13.1 Å². The minimum absolute atomic E-state index is 0.254. The molecule has 3 heteroatoms. The predicted octanol–water partition coefficient (Wildman–Crippen LogP) is 3.09. The zero-order valence-electron chi connectivity index (χ0n) is 12.0. The SMILES string of the molecule is CNCc1ccn(CC2CCC3(CCCCC3)O2)c1. The van der Waals surface area contributed by atoms with E-state index in [9.17, 15) is 0 Å². The lowest BCUT2D eigenvalue weighted by atomic mass is 9.83. The van der Waals surface area contributed by atoms with Gasteiger partial charge in [-0.1, -0.05) is 19.3 Å². The molecule has 0 bridgehead atoms. The van der Waals surface area contributed by atoms with Crippen LogP contribution in [0.3, 0.4) is 0 Å². The van der Waals surface area contributed by atoms with Gasteiger partial charge in [0.2, 0.25) is 0 Å². The van der Waals surface area contributed by atoms with Crippen LogP contribution in [0.25, 0.3) is 0 Å². The maximum atomic E-state index is 6.43. The lowest BCUT2D eigenvalue weighted by Gasteiger charge is -2.33. The van der Waals surface area contributed by atoms with Crippen LogP contribution in [0.2, 0.25) is 0 Å². The van der Waals surface area contributed by atoms with Crippen LogP contribution in [-0.2, 0) is 17.8 Å². The van der Waals surface area contributed by atoms with Gasteiger partial charge in [-0.3, -0.25) is 0 Å². The van der Waals surface area contributed by atoms with Gasteiger partial charge in [0.15, 0.2) is 0 Å². The fourth-order valence-corrected chi connectivity index (χ4v) is 3.74. The monoisotopic (exact) mass is 262 g/mol. The lowest BCUT2D eigenvalue weighted by molar-refractivity contribution is -0.0679. The third-order valence-corrected chi connectivity index (χ3v) is 4.71. The Balaban J connectivity index is 1.55. The number of ether oxygens (including phenoxy) is 1. The van der Waals surface area contributed by atoms with E-state index >= 15 is 0 Å². The van der Waals surface area contributed by atoms with Crippen molar-refractivity contribution in [2.75, 3.05) is 7.05 Å². The predicted molar refractivity (Wildman–Crippen MR) is 77.1 cm³/mol. The topological polar surface area (TPSA) is 26.2 Å². The highest BCUT2D eigenvalue weighted by Crippen LogP contribution is 2.42. The standard InChI is InChI=1S/C16H26N2O/c1-17-11-14-6-10-18(12-14)13-15-5-9-16(19-15)7-3-2-4-8-16/h6,10,12,15,17H,2-5,7-9,11,13H2,1H3. The number of nitrogens with zero attached hydrogens (tertiary/aromatic N) is 1. The summed E-state index contributed by atoms with van der Waals surface area (Å²) < 4.78 is 8.72. The smallest absolute Gasteiger partial charge is 0.0762 e. The molecule has 1 aliphatic carbocycles. The van der Waals surface area contributed by atoms with Crippen LogP contribution in [0.4, 0.5) is 0 Å². The summed E-state index contributed by atoms with van der Waals surface area (Å²) in [7, 11) is 1.99. The molecule has 1 aromatic rings. The number of rotatable bonds is 4. The third-order valence-electron chi connectivity index (χ3n) is 4.71. The molecule has 3 rings (SSSR count). The molecule has 106 valence electrons. The molecule has 0 amide bonds. The van der Waals surface area contributed by atoms with E-state index in [1.165, 1.54) is 50.5 Å². The first-order valence-electron chi connectivity index (χ1n) is 7.77. The molecule has 1 unspecified atom stereocenters. The Hall–Kier alpha value is -0.800. The van der Waals surface area contributed by atoms with Crippen LogP contribution in [0.1, 0.15) is 50.5 Å². The van der Waals surface area contributed by atoms with Gasteiger partial charge < -0.3 is 14.6 Å². The zero-order chi connectivity index (χ0) is 13.1. The maximum Gasteiger partial charge on any atom is 0.0762 e. The molecule has 2 aliphatic rings. The fraction of sp³-hybridized carbons (Fsp3) is 0.750. The Morgan fingerprint density at radius 2 is 2.16 bits per heavy atom. The molecule has 1 spiro atoms. The van der Waals surface area contributed by atoms with E-state index in [1.54, 1.807) is 0 Å². The summed E-state index contributed by atoms with van der Waals surface area (Å²) in [6, 6.07) is 2.20. The second kappa shape index (κ2) is 5.68. The Bertz CT molecular complexity index is 407. The van der Waals surface area contributed by atoms with Gasteiger partial charge in [-0.25, -0.2) is 0 Å². The molecule has 0 aromatic carbocycles. The summed E-state index contributed by atoms with van der Waals surface area (Å²) >= 11 is 0. The van der Waals surface area contributed by atoms with Crippen LogP contribution in [0.15, 0.2) is 18.5 Å². The molecule has 1 saturated carbocycles. The van der Waals surface area contributed by atoms with Gasteiger partial charge in [-0.2, -0.15) is 0 Å². The molecule has 1 saturated heterocycles. The normalized spacial score (nSPS) is 26.1. The minimum Gasteiger partial charge on any atom is -0.370 e. The minimum atomic E-state index is 0.254. The lowest BCUT2D eigenvalue weighted by Crippen LogP contribution is -2.32. The average Bonchev–Trinajstić information content (AvgIpc) is 3.00. The first-order valence-corrected chi connectivity index (χ1v) is 7.77. The number of hydrogen-bond acceptors (Lipinski definition) is 2. The van der Waals surface area contributed by atoms with Crippen molar-refractivity contribution in [3.8, 4) is 0 Å². The summed E-state index contributed by atoms with van der Waals surface area (Å²) in [6.45, 7) is 1.97. The van der Waals surface area contributed by atoms with E-state index in [4.69, 9.17) is 4.74 Å². The summed E-state index contributed by atoms with van der Waals surface area (Å²) in [5.74, 6) is 0. The maximum absolute atomic E-state index is 6.43. The van der Waals surface area contributed by atoms with Crippen LogP contribution < -0.4 is 5.32 Å².